The van der Waals surface area contributed by atoms with Crippen LogP contribution in [0, 0.1) is 0 Å². The molecule has 0 bridgehead atoms. The first-order valence-corrected chi connectivity index (χ1v) is 7.45. The van der Waals surface area contributed by atoms with E-state index in [0.717, 1.165) is 15.9 Å². The van der Waals surface area contributed by atoms with Crippen LogP contribution in [0.25, 0.3) is 5.65 Å². The van der Waals surface area contributed by atoms with E-state index in [0.29, 0.717) is 26.3 Å². The zero-order chi connectivity index (χ0) is 14.4. The van der Waals surface area contributed by atoms with Crippen molar-refractivity contribution in [2.75, 3.05) is 19.8 Å². The Labute approximate surface area is 126 Å². The predicted molar refractivity (Wildman–Crippen MR) is 79.4 cm³/mol. The number of rotatable bonds is 8. The highest BCUT2D eigenvalue weighted by molar-refractivity contribution is 9.10. The summed E-state index contributed by atoms with van der Waals surface area (Å²) in [5.41, 5.74) is 1.89. The average Bonchev–Trinajstić information content (AvgIpc) is 2.82. The lowest BCUT2D eigenvalue weighted by molar-refractivity contribution is -0.133. The number of halogens is 1. The van der Waals surface area contributed by atoms with E-state index >= 15 is 0 Å². The normalized spacial score (nSPS) is 11.6. The van der Waals surface area contributed by atoms with Crippen LogP contribution in [0.1, 0.15) is 19.5 Å². The summed E-state index contributed by atoms with van der Waals surface area (Å²) in [6.07, 6.45) is 5.27. The van der Waals surface area contributed by atoms with Gasteiger partial charge < -0.3 is 14.8 Å². The molecule has 0 saturated carbocycles. The van der Waals surface area contributed by atoms with E-state index in [9.17, 15) is 0 Å². The molecule has 0 fully saturated rings. The van der Waals surface area contributed by atoms with E-state index in [4.69, 9.17) is 9.47 Å². The lowest BCUT2D eigenvalue weighted by Crippen LogP contribution is -2.31. The fourth-order valence-electron chi connectivity index (χ4n) is 1.90. The van der Waals surface area contributed by atoms with Crippen molar-refractivity contribution in [3.63, 3.8) is 0 Å². The van der Waals surface area contributed by atoms with Crippen molar-refractivity contribution in [3.8, 4) is 0 Å². The second-order valence-corrected chi connectivity index (χ2v) is 4.97. The van der Waals surface area contributed by atoms with Gasteiger partial charge in [0.25, 0.3) is 0 Å². The molecule has 2 rings (SSSR count). The Hall–Kier alpha value is -1.02. The molecule has 0 amide bonds. The molecule has 0 radical (unpaired) electrons. The minimum atomic E-state index is -0.211. The minimum Gasteiger partial charge on any atom is -0.352 e. The first kappa shape index (κ1) is 15.4. The third-order valence-electron chi connectivity index (χ3n) is 2.76. The van der Waals surface area contributed by atoms with Gasteiger partial charge in [0.05, 0.1) is 18.1 Å². The van der Waals surface area contributed by atoms with Crippen molar-refractivity contribution in [3.05, 3.63) is 28.9 Å². The highest BCUT2D eigenvalue weighted by Gasteiger charge is 2.08. The van der Waals surface area contributed by atoms with Gasteiger partial charge in [-0.1, -0.05) is 0 Å². The summed E-state index contributed by atoms with van der Waals surface area (Å²) < 4.78 is 13.8. The Morgan fingerprint density at radius 1 is 1.25 bits per heavy atom. The molecule has 0 saturated heterocycles. The van der Waals surface area contributed by atoms with Crippen LogP contribution in [0.15, 0.2) is 23.2 Å². The molecule has 0 unspecified atom stereocenters. The first-order valence-electron chi connectivity index (χ1n) is 6.66. The van der Waals surface area contributed by atoms with Gasteiger partial charge in [0, 0.05) is 32.5 Å². The van der Waals surface area contributed by atoms with Gasteiger partial charge in [-0.25, -0.2) is 9.97 Å². The van der Waals surface area contributed by atoms with E-state index in [1.165, 1.54) is 0 Å². The average molecular weight is 343 g/mol. The molecule has 110 valence electrons. The molecule has 0 spiro atoms. The van der Waals surface area contributed by atoms with E-state index < -0.39 is 0 Å². The second kappa shape index (κ2) is 7.68. The summed E-state index contributed by atoms with van der Waals surface area (Å²) in [5, 5.41) is 3.32. The zero-order valence-electron chi connectivity index (χ0n) is 11.7. The first-order chi connectivity index (χ1) is 9.74. The monoisotopic (exact) mass is 342 g/mol. The van der Waals surface area contributed by atoms with Crippen molar-refractivity contribution < 1.29 is 9.47 Å². The third kappa shape index (κ3) is 3.99. The van der Waals surface area contributed by atoms with Gasteiger partial charge in [0.1, 0.15) is 4.60 Å². The molecule has 7 heteroatoms. The van der Waals surface area contributed by atoms with Gasteiger partial charge in [-0.3, -0.25) is 4.40 Å². The molecule has 0 aliphatic heterocycles. The van der Waals surface area contributed by atoms with Crippen LogP contribution in [-0.2, 0) is 16.0 Å². The fraction of sp³-hybridized carbons (Fsp3) is 0.538. The molecular weight excluding hydrogens is 324 g/mol. The number of imidazole rings is 1. The van der Waals surface area contributed by atoms with Gasteiger partial charge >= 0.3 is 0 Å². The highest BCUT2D eigenvalue weighted by Crippen LogP contribution is 2.10. The summed E-state index contributed by atoms with van der Waals surface area (Å²) in [7, 11) is 0. The number of hydrogen-bond acceptors (Lipinski definition) is 5. The maximum atomic E-state index is 5.48. The number of fused-ring (bicyclic) bond motifs is 1. The van der Waals surface area contributed by atoms with Crippen molar-refractivity contribution in [1.82, 2.24) is 19.7 Å². The van der Waals surface area contributed by atoms with E-state index in [1.807, 2.05) is 30.6 Å². The summed E-state index contributed by atoms with van der Waals surface area (Å²) >= 11 is 3.36. The molecule has 0 aliphatic carbocycles. The van der Waals surface area contributed by atoms with E-state index in [-0.39, 0.29) is 6.29 Å². The topological polar surface area (TPSA) is 60.7 Å². The highest BCUT2D eigenvalue weighted by atomic mass is 79.9. The molecule has 2 heterocycles. The van der Waals surface area contributed by atoms with Crippen molar-refractivity contribution in [1.29, 1.82) is 0 Å². The van der Waals surface area contributed by atoms with Crippen LogP contribution in [0.4, 0.5) is 0 Å². The maximum absolute atomic E-state index is 5.48. The lowest BCUT2D eigenvalue weighted by atomic mass is 10.4. The van der Waals surface area contributed by atoms with Crippen LogP contribution in [0.5, 0.6) is 0 Å². The Morgan fingerprint density at radius 3 is 2.70 bits per heavy atom. The lowest BCUT2D eigenvalue weighted by Gasteiger charge is -2.17. The smallest absolute Gasteiger partial charge is 0.169 e. The van der Waals surface area contributed by atoms with Crippen molar-refractivity contribution in [2.24, 2.45) is 0 Å². The molecule has 1 N–H and O–H groups in total. The Kier molecular flexibility index (Phi) is 5.90. The van der Waals surface area contributed by atoms with Gasteiger partial charge in [0.15, 0.2) is 11.9 Å². The summed E-state index contributed by atoms with van der Waals surface area (Å²) in [5.74, 6) is 0. The maximum Gasteiger partial charge on any atom is 0.169 e. The van der Waals surface area contributed by atoms with Crippen LogP contribution >= 0.6 is 15.9 Å². The summed E-state index contributed by atoms with van der Waals surface area (Å²) in [6, 6.07) is 0. The second-order valence-electron chi connectivity index (χ2n) is 4.16. The largest absolute Gasteiger partial charge is 0.352 e. The quantitative estimate of drug-likeness (QED) is 0.743. The van der Waals surface area contributed by atoms with Gasteiger partial charge in [-0.15, -0.1) is 0 Å². The SMILES string of the molecule is CCOC(CNCc1cnc2cnc(Br)cn12)OCC. The van der Waals surface area contributed by atoms with E-state index in [2.05, 4.69) is 31.2 Å². The van der Waals surface area contributed by atoms with Crippen molar-refractivity contribution in [2.45, 2.75) is 26.7 Å². The Morgan fingerprint density at radius 2 is 2.00 bits per heavy atom. The fourth-order valence-corrected chi connectivity index (χ4v) is 2.21. The number of aromatic nitrogens is 3. The third-order valence-corrected chi connectivity index (χ3v) is 3.17. The minimum absolute atomic E-state index is 0.211. The van der Waals surface area contributed by atoms with Crippen LogP contribution in [-0.4, -0.2) is 40.4 Å². The van der Waals surface area contributed by atoms with Gasteiger partial charge in [-0.2, -0.15) is 0 Å². The molecule has 0 aliphatic rings. The standard InChI is InChI=1S/C13H19BrN4O2/c1-3-19-13(20-4-2)8-15-5-10-6-17-12-7-16-11(14)9-18(10)12/h6-7,9,13,15H,3-5,8H2,1-2H3. The number of nitrogens with one attached hydrogen (secondary N) is 1. The van der Waals surface area contributed by atoms with Crippen LogP contribution in [0.3, 0.4) is 0 Å². The molecule has 20 heavy (non-hydrogen) atoms. The zero-order valence-corrected chi connectivity index (χ0v) is 13.3. The van der Waals surface area contributed by atoms with E-state index in [1.54, 1.807) is 6.20 Å². The molecular formula is C13H19BrN4O2. The predicted octanol–water partition coefficient (Wildman–Crippen LogP) is 1.98. The van der Waals surface area contributed by atoms with Crippen molar-refractivity contribution >= 4 is 21.6 Å². The Balaban J connectivity index is 1.93. The number of hydrogen-bond donors (Lipinski definition) is 1. The van der Waals surface area contributed by atoms with Gasteiger partial charge in [-0.05, 0) is 29.8 Å². The van der Waals surface area contributed by atoms with Crippen LogP contribution in [0.2, 0.25) is 0 Å². The molecule has 2 aromatic rings. The Bertz CT molecular complexity index is 540. The number of nitrogens with zero attached hydrogens (tertiary/aromatic N) is 3. The molecule has 6 nitrogen and oxygen atoms in total. The summed E-state index contributed by atoms with van der Waals surface area (Å²) in [4.78, 5) is 8.46. The molecule has 0 atom stereocenters. The number of ether oxygens (including phenoxy) is 2. The molecule has 2 aromatic heterocycles. The van der Waals surface area contributed by atoms with Gasteiger partial charge in [0.2, 0.25) is 0 Å². The summed E-state index contributed by atoms with van der Waals surface area (Å²) in [6.45, 7) is 6.53. The van der Waals surface area contributed by atoms with Crippen LogP contribution < -0.4 is 5.32 Å². The molecule has 0 aromatic carbocycles.